The molecule has 9 heteroatoms. The van der Waals surface area contributed by atoms with Gasteiger partial charge in [-0.1, -0.05) is 40.9 Å². The van der Waals surface area contributed by atoms with Crippen LogP contribution < -0.4 is 9.46 Å². The molecule has 1 atom stereocenters. The Morgan fingerprint density at radius 1 is 1.17 bits per heavy atom. The zero-order valence-corrected chi connectivity index (χ0v) is 19.4. The van der Waals surface area contributed by atoms with Gasteiger partial charge in [0.1, 0.15) is 10.6 Å². The predicted molar refractivity (Wildman–Crippen MR) is 119 cm³/mol. The molecule has 1 aromatic heterocycles. The summed E-state index contributed by atoms with van der Waals surface area (Å²) >= 11 is 12.1. The summed E-state index contributed by atoms with van der Waals surface area (Å²) in [7, 11) is -3.89. The first-order valence-corrected chi connectivity index (χ1v) is 11.6. The zero-order chi connectivity index (χ0) is 22.1. The number of aryl methyl sites for hydroxylation is 2. The molecule has 0 bridgehead atoms. The van der Waals surface area contributed by atoms with Gasteiger partial charge in [0, 0.05) is 11.6 Å². The minimum absolute atomic E-state index is 0.0131. The number of benzene rings is 2. The van der Waals surface area contributed by atoms with Gasteiger partial charge >= 0.3 is 6.01 Å². The number of imidazole rings is 1. The van der Waals surface area contributed by atoms with E-state index in [1.807, 2.05) is 42.7 Å². The maximum absolute atomic E-state index is 13.0. The fourth-order valence-corrected chi connectivity index (χ4v) is 5.61. The number of nitrogens with one attached hydrogen (secondary N) is 1. The largest absolute Gasteiger partial charge is 0.426 e. The average molecular weight is 468 g/mol. The number of ether oxygens (including phenoxy) is 1. The Kier molecular flexibility index (Phi) is 6.77. The molecule has 0 spiro atoms. The van der Waals surface area contributed by atoms with Crippen molar-refractivity contribution in [2.45, 2.75) is 45.2 Å². The Bertz CT molecular complexity index is 1140. The molecule has 0 fully saturated rings. The number of nitrogens with zero attached hydrogens (tertiary/aromatic N) is 2. The molecule has 1 heterocycles. The van der Waals surface area contributed by atoms with Crippen molar-refractivity contribution in [1.82, 2.24) is 14.3 Å². The molecular formula is C21H23Cl2N3O3S. The highest BCUT2D eigenvalue weighted by Gasteiger charge is 2.26. The number of hydrogen-bond acceptors (Lipinski definition) is 4. The van der Waals surface area contributed by atoms with Crippen LogP contribution in [0.25, 0.3) is 0 Å². The number of rotatable bonds is 7. The molecule has 3 rings (SSSR count). The van der Waals surface area contributed by atoms with E-state index in [0.717, 1.165) is 5.56 Å². The third kappa shape index (κ3) is 4.81. The number of sulfonamides is 1. The minimum Gasteiger partial charge on any atom is -0.426 e. The van der Waals surface area contributed by atoms with Crippen LogP contribution in [0.4, 0.5) is 0 Å². The molecule has 0 radical (unpaired) electrons. The highest BCUT2D eigenvalue weighted by molar-refractivity contribution is 7.89. The van der Waals surface area contributed by atoms with Crippen molar-refractivity contribution in [3.63, 3.8) is 0 Å². The van der Waals surface area contributed by atoms with Gasteiger partial charge in [0.25, 0.3) is 0 Å². The molecule has 160 valence electrons. The third-order valence-electron chi connectivity index (χ3n) is 4.63. The van der Waals surface area contributed by atoms with Gasteiger partial charge in [-0.05, 0) is 57.5 Å². The van der Waals surface area contributed by atoms with Crippen molar-refractivity contribution in [3.05, 3.63) is 69.5 Å². The standard InChI is InChI=1S/C21H23Cl2N3O3S/c1-5-26-19(12-24-21(26)29-17-8-6-13(2)7-9-17)15(4)25-30(27,28)20-14(3)10-16(22)11-18(20)23/h6-12,15,25H,5H2,1-4H3. The molecule has 2 aromatic carbocycles. The normalized spacial score (nSPS) is 12.7. The van der Waals surface area contributed by atoms with Crippen molar-refractivity contribution in [2.24, 2.45) is 0 Å². The van der Waals surface area contributed by atoms with E-state index in [2.05, 4.69) is 9.71 Å². The molecular weight excluding hydrogens is 445 g/mol. The van der Waals surface area contributed by atoms with Crippen LogP contribution in [0.15, 0.2) is 47.5 Å². The Hall–Kier alpha value is -2.06. The molecule has 0 amide bonds. The molecule has 6 nitrogen and oxygen atoms in total. The summed E-state index contributed by atoms with van der Waals surface area (Å²) in [5.74, 6) is 0.657. The van der Waals surface area contributed by atoms with Crippen LogP contribution in [0.3, 0.4) is 0 Å². The lowest BCUT2D eigenvalue weighted by molar-refractivity contribution is 0.408. The zero-order valence-electron chi connectivity index (χ0n) is 17.1. The van der Waals surface area contributed by atoms with Crippen molar-refractivity contribution >= 4 is 33.2 Å². The monoisotopic (exact) mass is 467 g/mol. The fraction of sp³-hybridized carbons (Fsp3) is 0.286. The van der Waals surface area contributed by atoms with E-state index in [4.69, 9.17) is 27.9 Å². The molecule has 3 aromatic rings. The number of halogens is 2. The van der Waals surface area contributed by atoms with Crippen molar-refractivity contribution in [1.29, 1.82) is 0 Å². The van der Waals surface area contributed by atoms with Crippen molar-refractivity contribution < 1.29 is 13.2 Å². The van der Waals surface area contributed by atoms with Gasteiger partial charge in [-0.25, -0.2) is 18.1 Å². The second-order valence-corrected chi connectivity index (χ2v) is 9.50. The van der Waals surface area contributed by atoms with Gasteiger partial charge < -0.3 is 4.74 Å². The van der Waals surface area contributed by atoms with E-state index in [9.17, 15) is 8.42 Å². The molecule has 1 N–H and O–H groups in total. The Balaban J connectivity index is 1.87. The fourth-order valence-electron chi connectivity index (χ4n) is 3.21. The number of hydrogen-bond donors (Lipinski definition) is 1. The summed E-state index contributed by atoms with van der Waals surface area (Å²) in [6.07, 6.45) is 1.61. The average Bonchev–Trinajstić information content (AvgIpc) is 3.04. The predicted octanol–water partition coefficient (Wildman–Crippen LogP) is 5.66. The summed E-state index contributed by atoms with van der Waals surface area (Å²) in [5, 5.41) is 0.457. The van der Waals surface area contributed by atoms with Gasteiger partial charge in [-0.3, -0.25) is 4.57 Å². The second-order valence-electron chi connectivity index (χ2n) is 7.00. The third-order valence-corrected chi connectivity index (χ3v) is 7.01. The van der Waals surface area contributed by atoms with Crippen LogP contribution in [0.2, 0.25) is 10.0 Å². The molecule has 0 aliphatic carbocycles. The summed E-state index contributed by atoms with van der Waals surface area (Å²) in [6, 6.07) is 10.4. The van der Waals surface area contributed by atoms with Crippen molar-refractivity contribution in [2.75, 3.05) is 0 Å². The van der Waals surface area contributed by atoms with E-state index >= 15 is 0 Å². The van der Waals surface area contributed by atoms with E-state index in [-0.39, 0.29) is 9.92 Å². The molecule has 0 saturated heterocycles. The molecule has 0 aliphatic heterocycles. The maximum atomic E-state index is 13.0. The van der Waals surface area contributed by atoms with Crippen molar-refractivity contribution in [3.8, 4) is 11.8 Å². The Morgan fingerprint density at radius 3 is 2.43 bits per heavy atom. The first kappa shape index (κ1) is 22.6. The van der Waals surface area contributed by atoms with Gasteiger partial charge in [-0.2, -0.15) is 0 Å². The second kappa shape index (κ2) is 8.98. The number of aromatic nitrogens is 2. The molecule has 1 unspecified atom stereocenters. The van der Waals surface area contributed by atoms with Gasteiger partial charge in [0.15, 0.2) is 0 Å². The first-order chi connectivity index (χ1) is 14.1. The smallest absolute Gasteiger partial charge is 0.302 e. The summed E-state index contributed by atoms with van der Waals surface area (Å²) in [5.41, 5.74) is 2.27. The SMILES string of the molecule is CCn1c(C(C)NS(=O)(=O)c2c(C)cc(Cl)cc2Cl)cnc1Oc1ccc(C)cc1. The van der Waals surface area contributed by atoms with Crippen LogP contribution in [-0.2, 0) is 16.6 Å². The van der Waals surface area contributed by atoms with Gasteiger partial charge in [-0.15, -0.1) is 0 Å². The lowest BCUT2D eigenvalue weighted by Crippen LogP contribution is -2.29. The van der Waals surface area contributed by atoms with Crippen LogP contribution in [0.5, 0.6) is 11.8 Å². The molecule has 0 aliphatic rings. The van der Waals surface area contributed by atoms with Crippen LogP contribution >= 0.6 is 23.2 Å². The summed E-state index contributed by atoms with van der Waals surface area (Å²) in [4.78, 5) is 4.35. The highest BCUT2D eigenvalue weighted by Crippen LogP contribution is 2.31. The summed E-state index contributed by atoms with van der Waals surface area (Å²) in [6.45, 7) is 7.89. The van der Waals surface area contributed by atoms with E-state index in [1.54, 1.807) is 26.1 Å². The van der Waals surface area contributed by atoms with E-state index in [1.165, 1.54) is 6.07 Å². The van der Waals surface area contributed by atoms with Crippen LogP contribution in [0.1, 0.15) is 36.7 Å². The maximum Gasteiger partial charge on any atom is 0.302 e. The summed E-state index contributed by atoms with van der Waals surface area (Å²) < 4.78 is 36.4. The van der Waals surface area contributed by atoms with E-state index in [0.29, 0.717) is 34.6 Å². The lowest BCUT2D eigenvalue weighted by Gasteiger charge is -2.18. The quantitative estimate of drug-likeness (QED) is 0.486. The molecule has 0 saturated carbocycles. The van der Waals surface area contributed by atoms with E-state index < -0.39 is 16.1 Å². The first-order valence-electron chi connectivity index (χ1n) is 9.40. The topological polar surface area (TPSA) is 73.2 Å². The lowest BCUT2D eigenvalue weighted by atomic mass is 10.2. The van der Waals surface area contributed by atoms with Gasteiger partial charge in [0.2, 0.25) is 10.0 Å². The van der Waals surface area contributed by atoms with Crippen LogP contribution in [0, 0.1) is 13.8 Å². The van der Waals surface area contributed by atoms with Gasteiger partial charge in [0.05, 0.1) is 23.0 Å². The Morgan fingerprint density at radius 2 is 1.83 bits per heavy atom. The van der Waals surface area contributed by atoms with Crippen LogP contribution in [-0.4, -0.2) is 18.0 Å². The minimum atomic E-state index is -3.89. The highest BCUT2D eigenvalue weighted by atomic mass is 35.5. The Labute approximate surface area is 186 Å². The molecule has 30 heavy (non-hydrogen) atoms.